The quantitative estimate of drug-likeness (QED) is 0.178. The van der Waals surface area contributed by atoms with Gasteiger partial charge in [-0.25, -0.2) is 0 Å². The predicted molar refractivity (Wildman–Crippen MR) is 162 cm³/mol. The molecule has 2 atom stereocenters. The van der Waals surface area contributed by atoms with Crippen LogP contribution >= 0.6 is 11.6 Å². The van der Waals surface area contributed by atoms with Crippen molar-refractivity contribution in [1.82, 2.24) is 9.13 Å². The fourth-order valence-electron chi connectivity index (χ4n) is 6.16. The van der Waals surface area contributed by atoms with Crippen molar-refractivity contribution in [3.63, 3.8) is 0 Å². The molecule has 0 saturated heterocycles. The Kier molecular flexibility index (Phi) is 6.51. The molecule has 188 valence electrons. The number of benzene rings is 4. The molecule has 0 fully saturated rings. The zero-order valence-corrected chi connectivity index (χ0v) is 24.8. The Morgan fingerprint density at radius 1 is 0.513 bits per heavy atom. The fraction of sp³-hybridized carbons (Fsp3) is 0.0857. The molecule has 0 spiro atoms. The first kappa shape index (κ1) is 24.6. The van der Waals surface area contributed by atoms with Gasteiger partial charge in [0.2, 0.25) is 0 Å². The molecule has 0 aliphatic heterocycles. The van der Waals surface area contributed by atoms with Crippen molar-refractivity contribution < 1.29 is 23.2 Å². The van der Waals surface area contributed by atoms with Crippen LogP contribution in [0.4, 0.5) is 0 Å². The Morgan fingerprint density at radius 3 is 1.41 bits per heavy atom. The number of allylic oxidation sites excluding steroid dienone is 2. The molecule has 8 rings (SSSR count). The van der Waals surface area contributed by atoms with Crippen LogP contribution in [0.5, 0.6) is 0 Å². The molecule has 4 heteroatoms. The number of fused-ring (bicyclic) bond motifs is 4. The van der Waals surface area contributed by atoms with Crippen molar-refractivity contribution in [3.8, 4) is 0 Å². The number of hydrogen-bond donors (Lipinski definition) is 0. The summed E-state index contributed by atoms with van der Waals surface area (Å²) in [6.07, 6.45) is 10.9. The summed E-state index contributed by atoms with van der Waals surface area (Å²) in [5.41, 5.74) is 11.2. The third-order valence-corrected chi connectivity index (χ3v) is 12.5. The van der Waals surface area contributed by atoms with E-state index in [0.29, 0.717) is 7.25 Å². The van der Waals surface area contributed by atoms with Crippen LogP contribution < -0.4 is 0 Å². The number of halogens is 1. The molecule has 0 bridgehead atoms. The zero-order valence-electron chi connectivity index (χ0n) is 21.6. The van der Waals surface area contributed by atoms with E-state index in [2.05, 4.69) is 154 Å². The van der Waals surface area contributed by atoms with Crippen LogP contribution in [0.15, 0.2) is 122 Å². The molecule has 2 heterocycles. The molecule has 0 N–H and O–H groups in total. The molecule has 2 aliphatic rings. The van der Waals surface area contributed by atoms with Gasteiger partial charge in [-0.2, -0.15) is 0 Å². The van der Waals surface area contributed by atoms with Crippen molar-refractivity contribution in [1.29, 1.82) is 0 Å². The summed E-state index contributed by atoms with van der Waals surface area (Å²) in [4.78, 5) is 0. The van der Waals surface area contributed by atoms with Gasteiger partial charge in [-0.15, -0.1) is 11.6 Å². The van der Waals surface area contributed by atoms with Crippen LogP contribution in [0.3, 0.4) is 0 Å². The number of aromatic nitrogens is 2. The molecule has 6 aromatic rings. The maximum absolute atomic E-state index is 4.64. The second-order valence-electron chi connectivity index (χ2n) is 9.92. The first-order valence-corrected chi connectivity index (χ1v) is 16.8. The molecule has 0 amide bonds. The third-order valence-electron chi connectivity index (χ3n) is 7.90. The van der Waals surface area contributed by atoms with E-state index >= 15 is 0 Å². The van der Waals surface area contributed by atoms with Crippen LogP contribution in [0.25, 0.3) is 45.4 Å². The minimum absolute atomic E-state index is 0.469. The summed E-state index contributed by atoms with van der Waals surface area (Å²) in [6.45, 7) is 0. The maximum Gasteiger partial charge on any atom is 0.0108 e. The van der Waals surface area contributed by atoms with Crippen molar-refractivity contribution in [3.05, 3.63) is 144 Å². The van der Waals surface area contributed by atoms with E-state index in [9.17, 15) is 0 Å². The average molecular weight is 602 g/mol. The molecular weight excluding hydrogens is 575 g/mol. The molecule has 2 aliphatic carbocycles. The number of alkyl halides is 1. The normalized spacial score (nSPS) is 17.3. The van der Waals surface area contributed by atoms with Gasteiger partial charge in [-0.1, -0.05) is 0 Å². The summed E-state index contributed by atoms with van der Waals surface area (Å²) in [6, 6.07) is 40.1. The first-order chi connectivity index (χ1) is 19.3. The van der Waals surface area contributed by atoms with Crippen LogP contribution in [-0.2, 0) is 23.2 Å². The van der Waals surface area contributed by atoms with Crippen LogP contribution in [0.1, 0.15) is 29.5 Å². The summed E-state index contributed by atoms with van der Waals surface area (Å²) in [5, 5.41) is 2.60. The van der Waals surface area contributed by atoms with Gasteiger partial charge in [-0.3, -0.25) is 0 Å². The average Bonchev–Trinajstić information content (AvgIpc) is 3.77. The Morgan fingerprint density at radius 2 is 0.923 bits per heavy atom. The Labute approximate surface area is 245 Å². The van der Waals surface area contributed by atoms with Crippen molar-refractivity contribution in [2.45, 2.75) is 7.25 Å². The summed E-state index contributed by atoms with van der Waals surface area (Å²) < 4.78 is 5.85. The van der Waals surface area contributed by atoms with E-state index in [1.807, 2.05) is 0 Å². The molecule has 2 unspecified atom stereocenters. The molecule has 0 radical (unpaired) electrons. The molecule has 39 heavy (non-hydrogen) atoms. The molecule has 2 aromatic heterocycles. The van der Waals surface area contributed by atoms with E-state index in [0.717, 1.165) is 0 Å². The number of nitrogens with zero attached hydrogens (tertiary/aromatic N) is 2. The van der Waals surface area contributed by atoms with Gasteiger partial charge in [0.15, 0.2) is 0 Å². The fourth-order valence-corrected chi connectivity index (χ4v) is 11.1. The standard InChI is InChI=1S/2C17H12N.CH3Cl.Zr/c2*1-2-7-15-12-16(11-14(15)6-1)18-10-9-13-5-3-4-8-17(13)18;1-2;/h2*1-12H;1H3;. The molecule has 2 nitrogen and oxygen atoms in total. The van der Waals surface area contributed by atoms with Gasteiger partial charge in [0.05, 0.1) is 0 Å². The largest absolute Gasteiger partial charge is 0.130 e. The molecule has 0 saturated carbocycles. The van der Waals surface area contributed by atoms with Crippen LogP contribution in [0.2, 0.25) is 0 Å². The van der Waals surface area contributed by atoms with Crippen LogP contribution in [0, 0.1) is 0 Å². The van der Waals surface area contributed by atoms with Crippen molar-refractivity contribution in [2.75, 3.05) is 6.38 Å². The van der Waals surface area contributed by atoms with Gasteiger partial charge in [0, 0.05) is 6.38 Å². The van der Waals surface area contributed by atoms with Gasteiger partial charge in [0.1, 0.15) is 0 Å². The van der Waals surface area contributed by atoms with Gasteiger partial charge >= 0.3 is 229 Å². The van der Waals surface area contributed by atoms with Gasteiger partial charge < -0.3 is 0 Å². The van der Waals surface area contributed by atoms with Crippen molar-refractivity contribution in [2.24, 2.45) is 0 Å². The number of para-hydroxylation sites is 2. The summed E-state index contributed by atoms with van der Waals surface area (Å²) in [7, 11) is 0. The van der Waals surface area contributed by atoms with Crippen LogP contribution in [-0.4, -0.2) is 15.5 Å². The van der Waals surface area contributed by atoms with Gasteiger partial charge in [0.25, 0.3) is 0 Å². The van der Waals surface area contributed by atoms with Gasteiger partial charge in [-0.05, 0) is 0 Å². The van der Waals surface area contributed by atoms with E-state index in [4.69, 9.17) is 0 Å². The minimum atomic E-state index is -1.09. The predicted octanol–water partition coefficient (Wildman–Crippen LogP) is 9.34. The Balaban J connectivity index is 0.00000124. The summed E-state index contributed by atoms with van der Waals surface area (Å²) >= 11 is 3.55. The number of hydrogen-bond acceptors (Lipinski definition) is 0. The smallest absolute Gasteiger partial charge is 0.0108 e. The second-order valence-corrected chi connectivity index (χ2v) is 13.6. The van der Waals surface area contributed by atoms with E-state index < -0.39 is 23.2 Å². The van der Waals surface area contributed by atoms with Crippen molar-refractivity contribution >= 4 is 57.0 Å². The monoisotopic (exact) mass is 600 g/mol. The maximum atomic E-state index is 4.64. The van der Waals surface area contributed by atoms with E-state index in [-0.39, 0.29) is 0 Å². The zero-order chi connectivity index (χ0) is 26.3. The van der Waals surface area contributed by atoms with E-state index in [1.54, 1.807) is 0 Å². The van der Waals surface area contributed by atoms with E-state index in [1.165, 1.54) is 61.8 Å². The Hall–Kier alpha value is -3.39. The second kappa shape index (κ2) is 10.3. The molecule has 4 aromatic carbocycles. The Bertz CT molecular complexity index is 1750. The minimum Gasteiger partial charge on any atom is -0.130 e. The third kappa shape index (κ3) is 4.11. The topological polar surface area (TPSA) is 9.86 Å². The molecular formula is C35H27ClN2Zr. The SMILES string of the molecule is C1=C(n2ccc3ccccc32)[CH]([Zr][CH]2C(n3ccc4ccccc43)=Cc3ccccc32)c2ccccc21.CCl. The summed E-state index contributed by atoms with van der Waals surface area (Å²) in [5.74, 6) is 0. The first-order valence-electron chi connectivity index (χ1n) is 13.2. The number of rotatable bonds is 4.